The van der Waals surface area contributed by atoms with E-state index in [1.165, 1.54) is 0 Å². The maximum atomic E-state index is 6.20. The monoisotopic (exact) mass is 476 g/mol. The van der Waals surface area contributed by atoms with Crippen molar-refractivity contribution in [3.63, 3.8) is 0 Å². The number of hydrogen-bond acceptors (Lipinski definition) is 6. The van der Waals surface area contributed by atoms with E-state index in [-0.39, 0.29) is 6.10 Å². The summed E-state index contributed by atoms with van der Waals surface area (Å²) >= 11 is 0. The third-order valence-electron chi connectivity index (χ3n) is 6.76. The average molecular weight is 477 g/mol. The van der Waals surface area contributed by atoms with E-state index in [1.54, 1.807) is 18.7 Å². The van der Waals surface area contributed by atoms with Crippen molar-refractivity contribution in [1.82, 2.24) is 30.5 Å². The van der Waals surface area contributed by atoms with E-state index in [2.05, 4.69) is 43.7 Å². The predicted molar refractivity (Wildman–Crippen MR) is 139 cm³/mol. The molecule has 1 saturated heterocycles. The van der Waals surface area contributed by atoms with Gasteiger partial charge in [0.25, 0.3) is 0 Å². The first kappa shape index (κ1) is 20.9. The number of hydrogen-bond donors (Lipinski definition) is 3. The van der Waals surface area contributed by atoms with E-state index in [9.17, 15) is 0 Å². The molecular formula is C28H24N6O2. The molecule has 0 aliphatic carbocycles. The third kappa shape index (κ3) is 3.72. The van der Waals surface area contributed by atoms with Gasteiger partial charge in [-0.2, -0.15) is 5.10 Å². The van der Waals surface area contributed by atoms with Crippen molar-refractivity contribution >= 4 is 21.9 Å². The number of furan rings is 1. The van der Waals surface area contributed by atoms with Gasteiger partial charge in [-0.3, -0.25) is 10.1 Å². The molecule has 0 atom stereocenters. The summed E-state index contributed by atoms with van der Waals surface area (Å²) in [6.07, 6.45) is 9.26. The molecule has 1 aliphatic heterocycles. The highest BCUT2D eigenvalue weighted by molar-refractivity contribution is 6.00. The molecule has 0 amide bonds. The van der Waals surface area contributed by atoms with Gasteiger partial charge in [0.1, 0.15) is 23.1 Å². The summed E-state index contributed by atoms with van der Waals surface area (Å²) in [5.74, 6) is 0.774. The number of H-pyrrole nitrogens is 2. The lowest BCUT2D eigenvalue weighted by atomic mass is 10.0. The van der Waals surface area contributed by atoms with Crippen LogP contribution in [0.15, 0.2) is 77.9 Å². The molecule has 1 aromatic carbocycles. The van der Waals surface area contributed by atoms with Crippen LogP contribution in [0.2, 0.25) is 0 Å². The summed E-state index contributed by atoms with van der Waals surface area (Å²) in [6, 6.07) is 16.3. The first-order valence-corrected chi connectivity index (χ1v) is 12.1. The van der Waals surface area contributed by atoms with Crippen LogP contribution in [0.25, 0.3) is 55.7 Å². The third-order valence-corrected chi connectivity index (χ3v) is 6.76. The summed E-state index contributed by atoms with van der Waals surface area (Å²) < 4.78 is 11.5. The highest BCUT2D eigenvalue weighted by atomic mass is 16.5. The molecule has 3 N–H and O–H groups in total. The minimum absolute atomic E-state index is 0.216. The molecule has 0 spiro atoms. The maximum absolute atomic E-state index is 6.20. The second-order valence-corrected chi connectivity index (χ2v) is 9.10. The molecule has 36 heavy (non-hydrogen) atoms. The van der Waals surface area contributed by atoms with Crippen LogP contribution >= 0.6 is 0 Å². The topological polar surface area (TPSA) is 105 Å². The Labute approximate surface area is 206 Å². The van der Waals surface area contributed by atoms with Crippen LogP contribution < -0.4 is 10.1 Å². The van der Waals surface area contributed by atoms with Crippen molar-refractivity contribution < 1.29 is 9.15 Å². The number of nitrogens with one attached hydrogen (secondary N) is 3. The Balaban J connectivity index is 1.26. The molecule has 0 saturated carbocycles. The number of ether oxygens (including phenoxy) is 1. The Morgan fingerprint density at radius 1 is 0.944 bits per heavy atom. The van der Waals surface area contributed by atoms with E-state index in [0.717, 1.165) is 87.4 Å². The Bertz CT molecular complexity index is 1660. The second-order valence-electron chi connectivity index (χ2n) is 9.10. The number of piperidine rings is 1. The van der Waals surface area contributed by atoms with E-state index < -0.39 is 0 Å². The van der Waals surface area contributed by atoms with Gasteiger partial charge in [-0.15, -0.1) is 0 Å². The zero-order valence-electron chi connectivity index (χ0n) is 19.5. The lowest BCUT2D eigenvalue weighted by molar-refractivity contribution is 0.162. The predicted octanol–water partition coefficient (Wildman–Crippen LogP) is 5.56. The average Bonchev–Trinajstić information content (AvgIpc) is 3.68. The normalized spacial score (nSPS) is 14.6. The molecule has 1 aliphatic rings. The minimum atomic E-state index is 0.216. The molecule has 0 radical (unpaired) electrons. The fourth-order valence-electron chi connectivity index (χ4n) is 4.93. The quantitative estimate of drug-likeness (QED) is 0.301. The molecule has 7 rings (SSSR count). The fraction of sp³-hybridized carbons (Fsp3) is 0.179. The summed E-state index contributed by atoms with van der Waals surface area (Å²) in [7, 11) is 0. The Morgan fingerprint density at radius 3 is 2.78 bits per heavy atom. The van der Waals surface area contributed by atoms with Crippen LogP contribution in [0.1, 0.15) is 12.8 Å². The van der Waals surface area contributed by atoms with Crippen LogP contribution in [0.5, 0.6) is 5.75 Å². The maximum Gasteiger partial charge on any atom is 0.138 e. The van der Waals surface area contributed by atoms with Crippen molar-refractivity contribution in [3.05, 3.63) is 73.5 Å². The molecular weight excluding hydrogens is 452 g/mol. The van der Waals surface area contributed by atoms with Crippen LogP contribution in [0.4, 0.5) is 0 Å². The lowest BCUT2D eigenvalue weighted by Gasteiger charge is -2.23. The molecule has 178 valence electrons. The van der Waals surface area contributed by atoms with Crippen LogP contribution in [-0.4, -0.2) is 44.3 Å². The van der Waals surface area contributed by atoms with Crippen molar-refractivity contribution in [2.75, 3.05) is 13.1 Å². The zero-order valence-corrected chi connectivity index (χ0v) is 19.5. The highest BCUT2D eigenvalue weighted by Crippen LogP contribution is 2.34. The number of rotatable bonds is 5. The van der Waals surface area contributed by atoms with Gasteiger partial charge in [-0.05, 0) is 67.9 Å². The van der Waals surface area contributed by atoms with Crippen molar-refractivity contribution in [2.45, 2.75) is 18.9 Å². The second kappa shape index (κ2) is 8.66. The van der Waals surface area contributed by atoms with Crippen LogP contribution in [0.3, 0.4) is 0 Å². The van der Waals surface area contributed by atoms with Gasteiger partial charge in [0.15, 0.2) is 0 Å². The van der Waals surface area contributed by atoms with Gasteiger partial charge < -0.3 is 19.5 Å². The van der Waals surface area contributed by atoms with Gasteiger partial charge in [-0.1, -0.05) is 12.1 Å². The molecule has 6 heterocycles. The smallest absolute Gasteiger partial charge is 0.138 e. The number of fused-ring (bicyclic) bond motifs is 2. The number of pyridine rings is 2. The van der Waals surface area contributed by atoms with Gasteiger partial charge in [0, 0.05) is 28.2 Å². The van der Waals surface area contributed by atoms with E-state index >= 15 is 0 Å². The first-order chi connectivity index (χ1) is 17.8. The fourth-order valence-corrected chi connectivity index (χ4v) is 4.93. The van der Waals surface area contributed by atoms with Crippen molar-refractivity contribution in [2.24, 2.45) is 0 Å². The minimum Gasteiger partial charge on any atom is -0.489 e. The Hall–Kier alpha value is -4.43. The summed E-state index contributed by atoms with van der Waals surface area (Å²) in [5.41, 5.74) is 8.26. The van der Waals surface area contributed by atoms with Crippen LogP contribution in [0, 0.1) is 0 Å². The van der Waals surface area contributed by atoms with E-state index in [4.69, 9.17) is 14.1 Å². The molecule has 5 aromatic heterocycles. The van der Waals surface area contributed by atoms with E-state index in [0.29, 0.717) is 0 Å². The molecule has 1 fully saturated rings. The Kier molecular flexibility index (Phi) is 5.03. The summed E-state index contributed by atoms with van der Waals surface area (Å²) in [4.78, 5) is 12.9. The van der Waals surface area contributed by atoms with Gasteiger partial charge >= 0.3 is 0 Å². The van der Waals surface area contributed by atoms with Gasteiger partial charge in [0.2, 0.25) is 0 Å². The van der Waals surface area contributed by atoms with Gasteiger partial charge in [0.05, 0.1) is 35.6 Å². The highest BCUT2D eigenvalue weighted by Gasteiger charge is 2.17. The zero-order chi connectivity index (χ0) is 23.9. The van der Waals surface area contributed by atoms with Crippen LogP contribution in [-0.2, 0) is 0 Å². The molecule has 6 aromatic rings. The van der Waals surface area contributed by atoms with Crippen molar-refractivity contribution in [1.29, 1.82) is 0 Å². The molecule has 0 unspecified atom stereocenters. The standard InChI is InChI=1S/C28H24N6O2/c1-2-21(17-8-11-35-16-17)22-13-26(31-24(22)3-1)28-27-25(33-34-28)5-4-23(32-27)18-12-20(15-30-14-18)36-19-6-9-29-10-7-19/h1-5,8,11-16,19,29,31H,6-7,9-10H2,(H,33,34). The summed E-state index contributed by atoms with van der Waals surface area (Å²) in [6.45, 7) is 1.97. The first-order valence-electron chi connectivity index (χ1n) is 12.1. The van der Waals surface area contributed by atoms with Crippen molar-refractivity contribution in [3.8, 4) is 39.5 Å². The van der Waals surface area contributed by atoms with E-state index in [1.807, 2.05) is 36.5 Å². The largest absolute Gasteiger partial charge is 0.489 e. The number of nitrogens with zero attached hydrogens (tertiary/aromatic N) is 3. The van der Waals surface area contributed by atoms with Gasteiger partial charge in [-0.25, -0.2) is 4.98 Å². The number of aromatic amines is 2. The number of benzene rings is 1. The Morgan fingerprint density at radius 2 is 1.89 bits per heavy atom. The SMILES string of the molecule is c1cc(-c2ccoc2)c2cc(-c3n[nH]c4ccc(-c5cncc(OC6CCNCC6)c5)nc34)[nH]c2c1. The molecule has 8 nitrogen and oxygen atoms in total. The lowest BCUT2D eigenvalue weighted by Crippen LogP contribution is -2.34. The number of aromatic nitrogens is 5. The summed E-state index contributed by atoms with van der Waals surface area (Å²) in [5, 5.41) is 12.2. The molecule has 8 heteroatoms. The molecule has 0 bridgehead atoms.